The standard InChI is InChI=1S/C14H29N3O/c1-11(2)8-16-14(18)12(3)17-7-5-6-13(10-17)9-15-4/h11-13,15H,5-10H2,1-4H3,(H,16,18). The van der Waals surface area contributed by atoms with Crippen molar-refractivity contribution in [3.8, 4) is 0 Å². The van der Waals surface area contributed by atoms with E-state index in [0.717, 1.165) is 26.2 Å². The summed E-state index contributed by atoms with van der Waals surface area (Å²) in [6.45, 7) is 10.2. The number of hydrogen-bond donors (Lipinski definition) is 2. The van der Waals surface area contributed by atoms with E-state index in [2.05, 4.69) is 29.4 Å². The first-order valence-electron chi connectivity index (χ1n) is 7.21. The van der Waals surface area contributed by atoms with Crippen molar-refractivity contribution in [3.05, 3.63) is 0 Å². The SMILES string of the molecule is CNCC1CCCN(C(C)C(=O)NCC(C)C)C1. The Bertz CT molecular complexity index is 253. The van der Waals surface area contributed by atoms with Crippen LogP contribution in [0.5, 0.6) is 0 Å². The highest BCUT2D eigenvalue weighted by molar-refractivity contribution is 5.81. The first-order valence-corrected chi connectivity index (χ1v) is 7.21. The number of hydrogen-bond acceptors (Lipinski definition) is 3. The van der Waals surface area contributed by atoms with Crippen LogP contribution in [-0.4, -0.2) is 50.1 Å². The summed E-state index contributed by atoms with van der Waals surface area (Å²) in [5.74, 6) is 1.37. The van der Waals surface area contributed by atoms with E-state index in [1.54, 1.807) is 0 Å². The van der Waals surface area contributed by atoms with Gasteiger partial charge in [-0.25, -0.2) is 0 Å². The zero-order chi connectivity index (χ0) is 13.5. The van der Waals surface area contributed by atoms with Gasteiger partial charge in [0.25, 0.3) is 0 Å². The lowest BCUT2D eigenvalue weighted by atomic mass is 9.96. The van der Waals surface area contributed by atoms with Gasteiger partial charge in [0.05, 0.1) is 6.04 Å². The summed E-state index contributed by atoms with van der Waals surface area (Å²) >= 11 is 0. The Morgan fingerprint density at radius 1 is 1.39 bits per heavy atom. The highest BCUT2D eigenvalue weighted by Crippen LogP contribution is 2.17. The van der Waals surface area contributed by atoms with Crippen molar-refractivity contribution in [2.24, 2.45) is 11.8 Å². The second-order valence-electron chi connectivity index (χ2n) is 5.88. The monoisotopic (exact) mass is 255 g/mol. The van der Waals surface area contributed by atoms with Gasteiger partial charge in [0.2, 0.25) is 5.91 Å². The average molecular weight is 255 g/mol. The minimum atomic E-state index is 0.00315. The Morgan fingerprint density at radius 2 is 2.11 bits per heavy atom. The second-order valence-corrected chi connectivity index (χ2v) is 5.88. The van der Waals surface area contributed by atoms with Gasteiger partial charge in [-0.2, -0.15) is 0 Å². The van der Waals surface area contributed by atoms with E-state index < -0.39 is 0 Å². The molecule has 0 radical (unpaired) electrons. The van der Waals surface area contributed by atoms with Gasteiger partial charge in [0, 0.05) is 13.1 Å². The van der Waals surface area contributed by atoms with Crippen LogP contribution in [0.4, 0.5) is 0 Å². The quantitative estimate of drug-likeness (QED) is 0.746. The molecule has 4 heteroatoms. The van der Waals surface area contributed by atoms with Crippen molar-refractivity contribution in [2.75, 3.05) is 33.2 Å². The molecule has 0 aromatic heterocycles. The maximum Gasteiger partial charge on any atom is 0.237 e. The lowest BCUT2D eigenvalue weighted by Gasteiger charge is -2.36. The fourth-order valence-corrected chi connectivity index (χ4v) is 2.52. The third-order valence-electron chi connectivity index (χ3n) is 3.65. The van der Waals surface area contributed by atoms with Gasteiger partial charge in [-0.1, -0.05) is 13.8 Å². The van der Waals surface area contributed by atoms with Crippen LogP contribution in [0.2, 0.25) is 0 Å². The molecule has 2 unspecified atom stereocenters. The predicted molar refractivity (Wildman–Crippen MR) is 75.5 cm³/mol. The number of rotatable bonds is 6. The molecule has 1 rings (SSSR count). The molecular weight excluding hydrogens is 226 g/mol. The van der Waals surface area contributed by atoms with Crippen molar-refractivity contribution in [3.63, 3.8) is 0 Å². The predicted octanol–water partition coefficient (Wildman–Crippen LogP) is 1.08. The van der Waals surface area contributed by atoms with Crippen LogP contribution in [-0.2, 0) is 4.79 Å². The molecule has 0 aliphatic carbocycles. The lowest BCUT2D eigenvalue weighted by molar-refractivity contribution is -0.126. The minimum absolute atomic E-state index is 0.00315. The first-order chi connectivity index (χ1) is 8.54. The van der Waals surface area contributed by atoms with E-state index in [1.165, 1.54) is 12.8 Å². The number of nitrogens with one attached hydrogen (secondary N) is 2. The lowest BCUT2D eigenvalue weighted by Crippen LogP contribution is -2.50. The molecule has 0 bridgehead atoms. The molecule has 1 aliphatic rings. The molecule has 18 heavy (non-hydrogen) atoms. The maximum absolute atomic E-state index is 12.0. The number of likely N-dealkylation sites (tertiary alicyclic amines) is 1. The van der Waals surface area contributed by atoms with Gasteiger partial charge < -0.3 is 10.6 Å². The second kappa shape index (κ2) is 7.74. The fraction of sp³-hybridized carbons (Fsp3) is 0.929. The molecule has 0 aromatic carbocycles. The van der Waals surface area contributed by atoms with E-state index in [9.17, 15) is 4.79 Å². The third kappa shape index (κ3) is 4.94. The molecule has 1 aliphatic heterocycles. The van der Waals surface area contributed by atoms with Crippen molar-refractivity contribution < 1.29 is 4.79 Å². The van der Waals surface area contributed by atoms with Crippen molar-refractivity contribution >= 4 is 5.91 Å². The number of nitrogens with zero attached hydrogens (tertiary/aromatic N) is 1. The Hall–Kier alpha value is -0.610. The molecule has 1 heterocycles. The molecular formula is C14H29N3O. The van der Waals surface area contributed by atoms with E-state index in [-0.39, 0.29) is 11.9 Å². The maximum atomic E-state index is 12.0. The molecule has 0 saturated carbocycles. The van der Waals surface area contributed by atoms with Crippen LogP contribution in [0.3, 0.4) is 0 Å². The Morgan fingerprint density at radius 3 is 2.72 bits per heavy atom. The summed E-state index contributed by atoms with van der Waals surface area (Å²) in [5.41, 5.74) is 0. The zero-order valence-electron chi connectivity index (χ0n) is 12.3. The minimum Gasteiger partial charge on any atom is -0.354 e. The number of amides is 1. The zero-order valence-corrected chi connectivity index (χ0v) is 12.3. The van der Waals surface area contributed by atoms with Crippen LogP contribution in [0.1, 0.15) is 33.6 Å². The first kappa shape index (κ1) is 15.4. The summed E-state index contributed by atoms with van der Waals surface area (Å²) in [5, 5.41) is 6.27. The van der Waals surface area contributed by atoms with Gasteiger partial charge in [-0.15, -0.1) is 0 Å². The summed E-state index contributed by atoms with van der Waals surface area (Å²) in [7, 11) is 2.00. The van der Waals surface area contributed by atoms with Crippen LogP contribution < -0.4 is 10.6 Å². The van der Waals surface area contributed by atoms with E-state index in [4.69, 9.17) is 0 Å². The average Bonchev–Trinajstić information content (AvgIpc) is 2.35. The molecule has 1 fully saturated rings. The normalized spacial score (nSPS) is 23.1. The topological polar surface area (TPSA) is 44.4 Å². The molecule has 1 amide bonds. The molecule has 2 atom stereocenters. The number of carbonyl (C=O) groups excluding carboxylic acids is 1. The molecule has 0 spiro atoms. The van der Waals surface area contributed by atoms with Crippen LogP contribution in [0, 0.1) is 11.8 Å². The molecule has 1 saturated heterocycles. The summed E-state index contributed by atoms with van der Waals surface area (Å²) < 4.78 is 0. The Labute approximate surface area is 111 Å². The van der Waals surface area contributed by atoms with Gasteiger partial charge in [0.1, 0.15) is 0 Å². The molecule has 106 valence electrons. The number of piperidine rings is 1. The summed E-state index contributed by atoms with van der Waals surface area (Å²) in [6, 6.07) is 0.00315. The summed E-state index contributed by atoms with van der Waals surface area (Å²) in [6.07, 6.45) is 2.48. The number of carbonyl (C=O) groups is 1. The molecule has 0 aromatic rings. The van der Waals surface area contributed by atoms with Gasteiger partial charge >= 0.3 is 0 Å². The Kier molecular flexibility index (Phi) is 6.65. The van der Waals surface area contributed by atoms with E-state index in [0.29, 0.717) is 11.8 Å². The van der Waals surface area contributed by atoms with Crippen molar-refractivity contribution in [1.82, 2.24) is 15.5 Å². The van der Waals surface area contributed by atoms with Crippen LogP contribution in [0.25, 0.3) is 0 Å². The largest absolute Gasteiger partial charge is 0.354 e. The van der Waals surface area contributed by atoms with Gasteiger partial charge in [0.15, 0.2) is 0 Å². The fourth-order valence-electron chi connectivity index (χ4n) is 2.52. The summed E-state index contributed by atoms with van der Waals surface area (Å²) in [4.78, 5) is 14.4. The highest BCUT2D eigenvalue weighted by atomic mass is 16.2. The van der Waals surface area contributed by atoms with Crippen LogP contribution in [0.15, 0.2) is 0 Å². The van der Waals surface area contributed by atoms with E-state index in [1.807, 2.05) is 14.0 Å². The van der Waals surface area contributed by atoms with Crippen LogP contribution >= 0.6 is 0 Å². The van der Waals surface area contributed by atoms with Crippen molar-refractivity contribution in [1.29, 1.82) is 0 Å². The Balaban J connectivity index is 2.39. The smallest absolute Gasteiger partial charge is 0.237 e. The van der Waals surface area contributed by atoms with Crippen molar-refractivity contribution in [2.45, 2.75) is 39.7 Å². The molecule has 2 N–H and O–H groups in total. The third-order valence-corrected chi connectivity index (χ3v) is 3.65. The van der Waals surface area contributed by atoms with Gasteiger partial charge in [-0.3, -0.25) is 9.69 Å². The van der Waals surface area contributed by atoms with Gasteiger partial charge in [-0.05, 0) is 51.7 Å². The highest BCUT2D eigenvalue weighted by Gasteiger charge is 2.26. The van der Waals surface area contributed by atoms with E-state index >= 15 is 0 Å². The molecule has 4 nitrogen and oxygen atoms in total.